The third-order valence-corrected chi connectivity index (χ3v) is 2.66. The Hall–Kier alpha value is -1.12. The second-order valence-electron chi connectivity index (χ2n) is 4.19. The first kappa shape index (κ1) is 12.9. The number of hydrogen-bond donors (Lipinski definition) is 1. The van der Waals surface area contributed by atoms with E-state index in [9.17, 15) is 0 Å². The molecule has 16 heavy (non-hydrogen) atoms. The van der Waals surface area contributed by atoms with E-state index in [4.69, 9.17) is 5.73 Å². The van der Waals surface area contributed by atoms with E-state index in [2.05, 4.69) is 42.8 Å². The SMILES string of the molecule is C=CCCCN(C)Cc1ccc(CN)cc1. The number of hydrogen-bond acceptors (Lipinski definition) is 2. The molecule has 0 atom stereocenters. The standard InChI is InChI=1S/C14H22N2/c1-3-4-5-10-16(2)12-14-8-6-13(11-15)7-9-14/h3,6-9H,1,4-5,10-12,15H2,2H3. The Morgan fingerprint density at radius 2 is 1.88 bits per heavy atom. The Bertz CT molecular complexity index is 303. The highest BCUT2D eigenvalue weighted by Crippen LogP contribution is 2.07. The van der Waals surface area contributed by atoms with Gasteiger partial charge in [0, 0.05) is 13.1 Å². The van der Waals surface area contributed by atoms with E-state index in [1.54, 1.807) is 0 Å². The van der Waals surface area contributed by atoms with Crippen molar-refractivity contribution in [2.45, 2.75) is 25.9 Å². The van der Waals surface area contributed by atoms with Crippen LogP contribution in [0.25, 0.3) is 0 Å². The summed E-state index contributed by atoms with van der Waals surface area (Å²) in [4.78, 5) is 2.33. The molecule has 0 spiro atoms. The Kier molecular flexibility index (Phi) is 5.83. The van der Waals surface area contributed by atoms with Crippen molar-refractivity contribution >= 4 is 0 Å². The summed E-state index contributed by atoms with van der Waals surface area (Å²) in [5.41, 5.74) is 8.10. The van der Waals surface area contributed by atoms with Crippen LogP contribution in [0.5, 0.6) is 0 Å². The van der Waals surface area contributed by atoms with E-state index in [1.165, 1.54) is 17.5 Å². The van der Waals surface area contributed by atoms with Crippen molar-refractivity contribution in [3.8, 4) is 0 Å². The average Bonchev–Trinajstić information content (AvgIpc) is 2.30. The maximum absolute atomic E-state index is 5.56. The fraction of sp³-hybridized carbons (Fsp3) is 0.429. The first-order chi connectivity index (χ1) is 7.76. The molecule has 0 aliphatic heterocycles. The summed E-state index contributed by atoms with van der Waals surface area (Å²) in [5.74, 6) is 0. The summed E-state index contributed by atoms with van der Waals surface area (Å²) in [6.07, 6.45) is 4.25. The molecule has 0 unspecified atom stereocenters. The minimum atomic E-state index is 0.620. The lowest BCUT2D eigenvalue weighted by Crippen LogP contribution is -2.18. The minimum absolute atomic E-state index is 0.620. The van der Waals surface area contributed by atoms with Crippen LogP contribution >= 0.6 is 0 Å². The molecule has 88 valence electrons. The molecule has 0 saturated carbocycles. The van der Waals surface area contributed by atoms with Crippen LogP contribution in [0.4, 0.5) is 0 Å². The minimum Gasteiger partial charge on any atom is -0.326 e. The van der Waals surface area contributed by atoms with Crippen molar-refractivity contribution in [3.63, 3.8) is 0 Å². The van der Waals surface area contributed by atoms with Gasteiger partial charge in [0.15, 0.2) is 0 Å². The predicted octanol–water partition coefficient (Wildman–Crippen LogP) is 2.54. The number of unbranched alkanes of at least 4 members (excludes halogenated alkanes) is 1. The molecule has 0 radical (unpaired) electrons. The van der Waals surface area contributed by atoms with Crippen molar-refractivity contribution in [1.29, 1.82) is 0 Å². The van der Waals surface area contributed by atoms with Crippen molar-refractivity contribution in [2.24, 2.45) is 5.73 Å². The summed E-state index contributed by atoms with van der Waals surface area (Å²) >= 11 is 0. The third-order valence-electron chi connectivity index (χ3n) is 2.66. The average molecular weight is 218 g/mol. The lowest BCUT2D eigenvalue weighted by molar-refractivity contribution is 0.323. The molecular formula is C14H22N2. The van der Waals surface area contributed by atoms with E-state index >= 15 is 0 Å². The Morgan fingerprint density at radius 3 is 2.44 bits per heavy atom. The number of rotatable bonds is 7. The molecule has 0 heterocycles. The zero-order chi connectivity index (χ0) is 11.8. The molecule has 1 aromatic rings. The van der Waals surface area contributed by atoms with Gasteiger partial charge in [-0.2, -0.15) is 0 Å². The largest absolute Gasteiger partial charge is 0.326 e. The molecule has 0 fully saturated rings. The van der Waals surface area contributed by atoms with Crippen LogP contribution in [0.1, 0.15) is 24.0 Å². The lowest BCUT2D eigenvalue weighted by Gasteiger charge is -2.16. The zero-order valence-corrected chi connectivity index (χ0v) is 10.2. The highest BCUT2D eigenvalue weighted by atomic mass is 15.1. The molecule has 2 N–H and O–H groups in total. The maximum atomic E-state index is 5.56. The van der Waals surface area contributed by atoms with Gasteiger partial charge in [-0.05, 0) is 37.6 Å². The Balaban J connectivity index is 2.37. The fourth-order valence-corrected chi connectivity index (χ4v) is 1.68. The molecule has 0 aliphatic carbocycles. The first-order valence-corrected chi connectivity index (χ1v) is 5.83. The van der Waals surface area contributed by atoms with Gasteiger partial charge in [0.1, 0.15) is 0 Å². The summed E-state index contributed by atoms with van der Waals surface area (Å²) in [5, 5.41) is 0. The van der Waals surface area contributed by atoms with Crippen LogP contribution in [-0.2, 0) is 13.1 Å². The van der Waals surface area contributed by atoms with Gasteiger partial charge in [0.25, 0.3) is 0 Å². The van der Waals surface area contributed by atoms with Gasteiger partial charge in [0.05, 0.1) is 0 Å². The van der Waals surface area contributed by atoms with Crippen molar-refractivity contribution in [3.05, 3.63) is 48.0 Å². The van der Waals surface area contributed by atoms with Gasteiger partial charge in [-0.25, -0.2) is 0 Å². The molecule has 0 amide bonds. The van der Waals surface area contributed by atoms with Gasteiger partial charge in [-0.15, -0.1) is 6.58 Å². The van der Waals surface area contributed by atoms with Crippen LogP contribution < -0.4 is 5.73 Å². The highest BCUT2D eigenvalue weighted by molar-refractivity contribution is 5.22. The molecule has 1 rings (SSSR count). The normalized spacial score (nSPS) is 10.7. The van der Waals surface area contributed by atoms with E-state index in [0.717, 1.165) is 19.5 Å². The van der Waals surface area contributed by atoms with E-state index in [-0.39, 0.29) is 0 Å². The smallest absolute Gasteiger partial charge is 0.0230 e. The fourth-order valence-electron chi connectivity index (χ4n) is 1.68. The predicted molar refractivity (Wildman–Crippen MR) is 70.1 cm³/mol. The number of allylic oxidation sites excluding steroid dienone is 1. The third kappa shape index (κ3) is 4.60. The number of benzene rings is 1. The summed E-state index contributed by atoms with van der Waals surface area (Å²) in [7, 11) is 2.15. The van der Waals surface area contributed by atoms with Crippen LogP contribution in [0.2, 0.25) is 0 Å². The molecule has 0 saturated heterocycles. The van der Waals surface area contributed by atoms with Crippen LogP contribution in [0.3, 0.4) is 0 Å². The Labute approximate surface area is 98.8 Å². The highest BCUT2D eigenvalue weighted by Gasteiger charge is 1.99. The zero-order valence-electron chi connectivity index (χ0n) is 10.2. The number of nitrogens with two attached hydrogens (primary N) is 1. The first-order valence-electron chi connectivity index (χ1n) is 5.83. The summed E-state index contributed by atoms with van der Waals surface area (Å²) in [6, 6.07) is 8.53. The van der Waals surface area contributed by atoms with Gasteiger partial charge < -0.3 is 10.6 Å². The van der Waals surface area contributed by atoms with Crippen molar-refractivity contribution in [2.75, 3.05) is 13.6 Å². The summed E-state index contributed by atoms with van der Waals surface area (Å²) < 4.78 is 0. The van der Waals surface area contributed by atoms with Crippen LogP contribution in [0, 0.1) is 0 Å². The molecule has 0 bridgehead atoms. The van der Waals surface area contributed by atoms with Gasteiger partial charge >= 0.3 is 0 Å². The lowest BCUT2D eigenvalue weighted by atomic mass is 10.1. The molecule has 2 heteroatoms. The molecule has 2 nitrogen and oxygen atoms in total. The quantitative estimate of drug-likeness (QED) is 0.563. The molecule has 1 aromatic carbocycles. The van der Waals surface area contributed by atoms with Gasteiger partial charge in [-0.1, -0.05) is 30.3 Å². The molecule has 0 aromatic heterocycles. The number of nitrogens with zero attached hydrogens (tertiary/aromatic N) is 1. The van der Waals surface area contributed by atoms with Crippen LogP contribution in [-0.4, -0.2) is 18.5 Å². The van der Waals surface area contributed by atoms with Crippen molar-refractivity contribution < 1.29 is 0 Å². The molecule has 0 aliphatic rings. The maximum Gasteiger partial charge on any atom is 0.0230 e. The second-order valence-corrected chi connectivity index (χ2v) is 4.19. The molecular weight excluding hydrogens is 196 g/mol. The monoisotopic (exact) mass is 218 g/mol. The van der Waals surface area contributed by atoms with E-state index in [1.807, 2.05) is 6.08 Å². The topological polar surface area (TPSA) is 29.3 Å². The van der Waals surface area contributed by atoms with E-state index < -0.39 is 0 Å². The van der Waals surface area contributed by atoms with E-state index in [0.29, 0.717) is 6.54 Å². The van der Waals surface area contributed by atoms with Gasteiger partial charge in [-0.3, -0.25) is 0 Å². The Morgan fingerprint density at radius 1 is 1.25 bits per heavy atom. The second kappa shape index (κ2) is 7.20. The van der Waals surface area contributed by atoms with Gasteiger partial charge in [0.2, 0.25) is 0 Å². The van der Waals surface area contributed by atoms with Crippen molar-refractivity contribution in [1.82, 2.24) is 4.90 Å². The van der Waals surface area contributed by atoms with Crippen LogP contribution in [0.15, 0.2) is 36.9 Å². The summed E-state index contributed by atoms with van der Waals surface area (Å²) in [6.45, 7) is 6.47.